The smallest absolute Gasteiger partial charge is 0.181 e. The monoisotopic (exact) mass is 485 g/mol. The van der Waals surface area contributed by atoms with Gasteiger partial charge >= 0.3 is 0 Å². The first-order valence-electron chi connectivity index (χ1n) is 12.0. The van der Waals surface area contributed by atoms with Gasteiger partial charge in [0.2, 0.25) is 0 Å². The van der Waals surface area contributed by atoms with Crippen molar-refractivity contribution >= 4 is 10.9 Å². The second-order valence-electron chi connectivity index (χ2n) is 9.34. The molecule has 0 saturated carbocycles. The van der Waals surface area contributed by atoms with Gasteiger partial charge in [0.1, 0.15) is 23.2 Å². The normalized spacial score (nSPS) is 16.6. The first-order chi connectivity index (χ1) is 17.5. The Morgan fingerprint density at radius 3 is 2.69 bits per heavy atom. The third-order valence-corrected chi connectivity index (χ3v) is 6.83. The van der Waals surface area contributed by atoms with E-state index in [1.165, 1.54) is 18.2 Å². The molecule has 1 atom stereocenters. The fourth-order valence-electron chi connectivity index (χ4n) is 4.98. The van der Waals surface area contributed by atoms with E-state index in [1.807, 2.05) is 37.3 Å². The Bertz CT molecular complexity index is 1520. The van der Waals surface area contributed by atoms with E-state index in [2.05, 4.69) is 30.3 Å². The maximum absolute atomic E-state index is 14.2. The Morgan fingerprint density at radius 2 is 1.86 bits per heavy atom. The summed E-state index contributed by atoms with van der Waals surface area (Å²) in [6.45, 7) is 3.65. The molecular weight excluding hydrogens is 460 g/mol. The van der Waals surface area contributed by atoms with Gasteiger partial charge in [-0.3, -0.25) is 20.1 Å². The summed E-state index contributed by atoms with van der Waals surface area (Å²) in [5.41, 5.74) is 4.72. The number of pyridine rings is 1. The maximum atomic E-state index is 14.2. The number of piperidine rings is 1. The minimum Gasteiger partial charge on any atom is -0.298 e. The van der Waals surface area contributed by atoms with Crippen molar-refractivity contribution in [3.8, 4) is 22.6 Å². The molecule has 3 aromatic heterocycles. The third kappa shape index (κ3) is 4.26. The van der Waals surface area contributed by atoms with Crippen LogP contribution < -0.4 is 0 Å². The van der Waals surface area contributed by atoms with Crippen LogP contribution in [0.4, 0.5) is 8.78 Å². The van der Waals surface area contributed by atoms with Gasteiger partial charge in [0.05, 0.1) is 5.52 Å². The highest BCUT2D eigenvalue weighted by Gasteiger charge is 2.26. The molecule has 0 amide bonds. The molecule has 7 nitrogen and oxygen atoms in total. The Kier molecular flexibility index (Phi) is 5.77. The van der Waals surface area contributed by atoms with Crippen LogP contribution in [0.2, 0.25) is 0 Å². The third-order valence-electron chi connectivity index (χ3n) is 6.83. The quantitative estimate of drug-likeness (QED) is 0.349. The zero-order valence-electron chi connectivity index (χ0n) is 19.8. The number of benzene rings is 2. The van der Waals surface area contributed by atoms with Crippen LogP contribution in [-0.2, 0) is 6.54 Å². The lowest BCUT2D eigenvalue weighted by molar-refractivity contribution is 0.192. The number of hydrogen-bond acceptors (Lipinski definition) is 5. The molecule has 36 heavy (non-hydrogen) atoms. The lowest BCUT2D eigenvalue weighted by Crippen LogP contribution is -2.34. The molecule has 0 bridgehead atoms. The van der Waals surface area contributed by atoms with E-state index in [4.69, 9.17) is 4.98 Å². The van der Waals surface area contributed by atoms with Crippen molar-refractivity contribution in [2.24, 2.45) is 0 Å². The summed E-state index contributed by atoms with van der Waals surface area (Å²) in [4.78, 5) is 11.2. The van der Waals surface area contributed by atoms with E-state index in [1.54, 1.807) is 6.20 Å². The highest BCUT2D eigenvalue weighted by Crippen LogP contribution is 2.31. The SMILES string of the molecule is Cc1cc(-c2n[nH]c3ccc(-c4n[nH]c([C@@H]5CCCN(Cc6c(F)cccc6F)C5)n4)cc23)ccn1. The molecule has 2 N–H and O–H groups in total. The van der Waals surface area contributed by atoms with Crippen molar-refractivity contribution in [1.29, 1.82) is 0 Å². The van der Waals surface area contributed by atoms with Crippen molar-refractivity contribution in [2.45, 2.75) is 32.2 Å². The molecule has 5 aromatic rings. The van der Waals surface area contributed by atoms with Gasteiger partial charge in [-0.05, 0) is 68.8 Å². The highest BCUT2D eigenvalue weighted by atomic mass is 19.1. The molecule has 182 valence electrons. The Balaban J connectivity index is 1.24. The number of rotatable bonds is 5. The lowest BCUT2D eigenvalue weighted by atomic mass is 9.97. The summed E-state index contributed by atoms with van der Waals surface area (Å²) in [6, 6.07) is 14.0. The largest absolute Gasteiger partial charge is 0.298 e. The zero-order valence-corrected chi connectivity index (χ0v) is 19.8. The number of aryl methyl sites for hydroxylation is 1. The van der Waals surface area contributed by atoms with Crippen LogP contribution >= 0.6 is 0 Å². The van der Waals surface area contributed by atoms with Crippen LogP contribution in [0.5, 0.6) is 0 Å². The number of likely N-dealkylation sites (tertiary alicyclic amines) is 1. The summed E-state index contributed by atoms with van der Waals surface area (Å²) in [7, 11) is 0. The van der Waals surface area contributed by atoms with E-state index in [-0.39, 0.29) is 18.0 Å². The summed E-state index contributed by atoms with van der Waals surface area (Å²) in [5, 5.41) is 16.2. The fraction of sp³-hybridized carbons (Fsp3) is 0.259. The second-order valence-corrected chi connectivity index (χ2v) is 9.34. The Labute approximate surface area is 206 Å². The second kappa shape index (κ2) is 9.23. The minimum absolute atomic E-state index is 0.114. The Hall–Kier alpha value is -3.98. The maximum Gasteiger partial charge on any atom is 0.181 e. The Morgan fingerprint density at radius 1 is 1.00 bits per heavy atom. The van der Waals surface area contributed by atoms with E-state index < -0.39 is 11.6 Å². The molecule has 2 aromatic carbocycles. The summed E-state index contributed by atoms with van der Waals surface area (Å²) < 4.78 is 28.3. The predicted octanol–water partition coefficient (Wildman–Crippen LogP) is 5.38. The molecule has 1 aliphatic heterocycles. The van der Waals surface area contributed by atoms with Crippen LogP contribution in [0.25, 0.3) is 33.5 Å². The van der Waals surface area contributed by atoms with Crippen molar-refractivity contribution in [3.63, 3.8) is 0 Å². The number of halogens is 2. The molecule has 0 radical (unpaired) electrons. The standard InChI is InChI=1S/C27H25F2N7/c1-16-12-17(9-10-30-16)25-20-13-18(7-8-24(20)32-33-25)26-31-27(35-34-26)19-4-3-11-36(14-19)15-21-22(28)5-2-6-23(21)29/h2,5-10,12-13,19H,3-4,11,14-15H2,1H3,(H,32,33)(H,31,34,35)/t19-/m1/s1. The highest BCUT2D eigenvalue weighted by molar-refractivity contribution is 5.95. The van der Waals surface area contributed by atoms with Gasteiger partial charge < -0.3 is 0 Å². The van der Waals surface area contributed by atoms with Gasteiger partial charge in [-0.1, -0.05) is 6.07 Å². The molecule has 1 saturated heterocycles. The van der Waals surface area contributed by atoms with Gasteiger partial charge in [0.15, 0.2) is 5.82 Å². The molecule has 0 aliphatic carbocycles. The number of aromatic nitrogens is 6. The van der Waals surface area contributed by atoms with Crippen LogP contribution in [0, 0.1) is 18.6 Å². The predicted molar refractivity (Wildman–Crippen MR) is 133 cm³/mol. The fourth-order valence-corrected chi connectivity index (χ4v) is 4.98. The lowest BCUT2D eigenvalue weighted by Gasteiger charge is -2.31. The summed E-state index contributed by atoms with van der Waals surface area (Å²) >= 11 is 0. The van der Waals surface area contributed by atoms with Crippen molar-refractivity contribution in [3.05, 3.63) is 83.4 Å². The van der Waals surface area contributed by atoms with Gasteiger partial charge in [0.25, 0.3) is 0 Å². The zero-order chi connectivity index (χ0) is 24.6. The van der Waals surface area contributed by atoms with Gasteiger partial charge in [0, 0.05) is 53.0 Å². The molecule has 6 rings (SSSR count). The molecule has 1 fully saturated rings. The van der Waals surface area contributed by atoms with Crippen molar-refractivity contribution < 1.29 is 8.78 Å². The number of nitrogens with zero attached hydrogens (tertiary/aromatic N) is 5. The molecule has 0 spiro atoms. The number of hydrogen-bond donors (Lipinski definition) is 2. The van der Waals surface area contributed by atoms with E-state index >= 15 is 0 Å². The van der Waals surface area contributed by atoms with Crippen LogP contribution in [0.1, 0.15) is 35.8 Å². The van der Waals surface area contributed by atoms with Gasteiger partial charge in [-0.25, -0.2) is 13.8 Å². The molecule has 0 unspecified atom stereocenters. The molecular formula is C27H25F2N7. The van der Waals surface area contributed by atoms with Gasteiger partial charge in [-0.15, -0.1) is 0 Å². The van der Waals surface area contributed by atoms with Crippen LogP contribution in [0.3, 0.4) is 0 Å². The number of aromatic amines is 2. The summed E-state index contributed by atoms with van der Waals surface area (Å²) in [5.74, 6) is 0.510. The average Bonchev–Trinajstić information content (AvgIpc) is 3.54. The van der Waals surface area contributed by atoms with Crippen LogP contribution in [0.15, 0.2) is 54.7 Å². The van der Waals surface area contributed by atoms with E-state index in [0.29, 0.717) is 12.4 Å². The number of H-pyrrole nitrogens is 2. The molecule has 1 aliphatic rings. The number of fused-ring (bicyclic) bond motifs is 1. The first-order valence-corrected chi connectivity index (χ1v) is 12.0. The van der Waals surface area contributed by atoms with Crippen molar-refractivity contribution in [1.82, 2.24) is 35.3 Å². The van der Waals surface area contributed by atoms with E-state index in [9.17, 15) is 8.78 Å². The summed E-state index contributed by atoms with van der Waals surface area (Å²) in [6.07, 6.45) is 3.65. The number of nitrogens with one attached hydrogen (secondary N) is 2. The van der Waals surface area contributed by atoms with Crippen LogP contribution in [-0.4, -0.2) is 48.4 Å². The molecule has 9 heteroatoms. The average molecular weight is 486 g/mol. The van der Waals surface area contributed by atoms with Gasteiger partial charge in [-0.2, -0.15) is 10.2 Å². The van der Waals surface area contributed by atoms with Crippen molar-refractivity contribution in [2.75, 3.05) is 13.1 Å². The topological polar surface area (TPSA) is 86.4 Å². The minimum atomic E-state index is -0.505. The first kappa shape index (κ1) is 22.5. The van der Waals surface area contributed by atoms with E-state index in [0.717, 1.165) is 58.6 Å². The molecule has 4 heterocycles.